The Morgan fingerprint density at radius 3 is 1.87 bits per heavy atom. The van der Waals surface area contributed by atoms with E-state index in [2.05, 4.69) is 21.2 Å². The van der Waals surface area contributed by atoms with Gasteiger partial charge in [-0.1, -0.05) is 54.5 Å². The Kier molecular flexibility index (Phi) is 11.6. The standard InChI is InChI=1S/C11H22BrNO2/c12-9-7-5-3-1-2-4-6-8-10-13-11(14)15/h13H,1-10H2,(H,14,15). The van der Waals surface area contributed by atoms with E-state index in [9.17, 15) is 4.79 Å². The number of halogens is 1. The van der Waals surface area contributed by atoms with Crippen LogP contribution in [0.3, 0.4) is 0 Å². The Labute approximate surface area is 101 Å². The van der Waals surface area contributed by atoms with Crippen molar-refractivity contribution in [3.63, 3.8) is 0 Å². The lowest BCUT2D eigenvalue weighted by Crippen LogP contribution is -2.21. The van der Waals surface area contributed by atoms with Gasteiger partial charge in [-0.05, 0) is 12.8 Å². The van der Waals surface area contributed by atoms with Gasteiger partial charge in [-0.15, -0.1) is 0 Å². The highest BCUT2D eigenvalue weighted by Gasteiger charge is 1.94. The molecule has 0 fully saturated rings. The van der Waals surface area contributed by atoms with Crippen LogP contribution in [0.2, 0.25) is 0 Å². The largest absolute Gasteiger partial charge is 0.465 e. The maximum atomic E-state index is 10.1. The van der Waals surface area contributed by atoms with E-state index < -0.39 is 6.09 Å². The van der Waals surface area contributed by atoms with Gasteiger partial charge in [0.1, 0.15) is 0 Å². The average molecular weight is 280 g/mol. The number of hydrogen-bond acceptors (Lipinski definition) is 1. The fourth-order valence-electron chi connectivity index (χ4n) is 1.48. The topological polar surface area (TPSA) is 49.3 Å². The summed E-state index contributed by atoms with van der Waals surface area (Å²) in [6.45, 7) is 0.596. The molecule has 0 aromatic rings. The quantitative estimate of drug-likeness (QED) is 0.472. The van der Waals surface area contributed by atoms with Gasteiger partial charge in [0.25, 0.3) is 0 Å². The Morgan fingerprint density at radius 2 is 1.40 bits per heavy atom. The summed E-state index contributed by atoms with van der Waals surface area (Å²) >= 11 is 3.42. The zero-order valence-corrected chi connectivity index (χ0v) is 10.9. The van der Waals surface area contributed by atoms with Gasteiger partial charge in [0.2, 0.25) is 0 Å². The van der Waals surface area contributed by atoms with Crippen LogP contribution in [0.5, 0.6) is 0 Å². The van der Waals surface area contributed by atoms with Gasteiger partial charge in [0.15, 0.2) is 0 Å². The third kappa shape index (κ3) is 13.8. The van der Waals surface area contributed by atoms with Crippen molar-refractivity contribution in [1.29, 1.82) is 0 Å². The normalized spacial score (nSPS) is 10.2. The van der Waals surface area contributed by atoms with Gasteiger partial charge in [-0.2, -0.15) is 0 Å². The highest BCUT2D eigenvalue weighted by Crippen LogP contribution is 2.08. The second kappa shape index (κ2) is 11.8. The van der Waals surface area contributed by atoms with Crippen molar-refractivity contribution in [3.8, 4) is 0 Å². The van der Waals surface area contributed by atoms with E-state index in [-0.39, 0.29) is 0 Å². The number of nitrogens with one attached hydrogen (secondary N) is 1. The first-order valence-electron chi connectivity index (χ1n) is 5.80. The minimum atomic E-state index is -0.912. The van der Waals surface area contributed by atoms with Gasteiger partial charge in [0, 0.05) is 11.9 Å². The van der Waals surface area contributed by atoms with Crippen LogP contribution in [-0.4, -0.2) is 23.1 Å². The van der Waals surface area contributed by atoms with Crippen LogP contribution in [-0.2, 0) is 0 Å². The van der Waals surface area contributed by atoms with Gasteiger partial charge < -0.3 is 10.4 Å². The first-order valence-corrected chi connectivity index (χ1v) is 6.92. The van der Waals surface area contributed by atoms with Crippen molar-refractivity contribution in [2.24, 2.45) is 0 Å². The van der Waals surface area contributed by atoms with E-state index in [4.69, 9.17) is 5.11 Å². The van der Waals surface area contributed by atoms with E-state index in [1.165, 1.54) is 38.5 Å². The Morgan fingerprint density at radius 1 is 0.933 bits per heavy atom. The Bertz CT molecular complexity index is 154. The first-order chi connectivity index (χ1) is 7.27. The molecule has 0 radical (unpaired) electrons. The van der Waals surface area contributed by atoms with Gasteiger partial charge in [0.05, 0.1) is 0 Å². The molecule has 0 aromatic carbocycles. The smallest absolute Gasteiger partial charge is 0.404 e. The summed E-state index contributed by atoms with van der Waals surface area (Å²) in [6, 6.07) is 0. The summed E-state index contributed by atoms with van der Waals surface area (Å²) in [4.78, 5) is 10.1. The number of alkyl halides is 1. The lowest BCUT2D eigenvalue weighted by molar-refractivity contribution is 0.194. The highest BCUT2D eigenvalue weighted by atomic mass is 79.9. The van der Waals surface area contributed by atoms with Gasteiger partial charge in [-0.25, -0.2) is 4.79 Å². The molecule has 0 aromatic heterocycles. The molecule has 3 nitrogen and oxygen atoms in total. The molecule has 0 unspecified atom stereocenters. The minimum absolute atomic E-state index is 0.596. The first kappa shape index (κ1) is 14.8. The van der Waals surface area contributed by atoms with Crippen molar-refractivity contribution in [2.75, 3.05) is 11.9 Å². The lowest BCUT2D eigenvalue weighted by Gasteiger charge is -2.02. The third-order valence-electron chi connectivity index (χ3n) is 2.34. The highest BCUT2D eigenvalue weighted by molar-refractivity contribution is 9.09. The SMILES string of the molecule is O=C(O)NCCCCCCCCCCBr. The summed E-state index contributed by atoms with van der Waals surface area (Å²) in [5.74, 6) is 0. The monoisotopic (exact) mass is 279 g/mol. The van der Waals surface area contributed by atoms with Crippen LogP contribution in [0.25, 0.3) is 0 Å². The van der Waals surface area contributed by atoms with Crippen molar-refractivity contribution in [3.05, 3.63) is 0 Å². The number of rotatable bonds is 10. The van der Waals surface area contributed by atoms with Crippen molar-refractivity contribution < 1.29 is 9.90 Å². The third-order valence-corrected chi connectivity index (χ3v) is 2.90. The predicted octanol–water partition coefficient (Wildman–Crippen LogP) is 3.77. The lowest BCUT2D eigenvalue weighted by atomic mass is 10.1. The Hall–Kier alpha value is -0.250. The van der Waals surface area contributed by atoms with Crippen molar-refractivity contribution in [2.45, 2.75) is 51.4 Å². The number of hydrogen-bond donors (Lipinski definition) is 2. The van der Waals surface area contributed by atoms with Crippen LogP contribution in [0.15, 0.2) is 0 Å². The average Bonchev–Trinajstić information content (AvgIpc) is 2.20. The van der Waals surface area contributed by atoms with Gasteiger partial charge >= 0.3 is 6.09 Å². The summed E-state index contributed by atoms with van der Waals surface area (Å²) < 4.78 is 0. The zero-order chi connectivity index (χ0) is 11.4. The number of carbonyl (C=O) groups is 1. The molecule has 0 atom stereocenters. The predicted molar refractivity (Wildman–Crippen MR) is 66.8 cm³/mol. The number of unbranched alkanes of at least 4 members (excludes halogenated alkanes) is 7. The summed E-state index contributed by atoms with van der Waals surface area (Å²) in [6.07, 6.45) is 8.97. The minimum Gasteiger partial charge on any atom is -0.465 e. The van der Waals surface area contributed by atoms with E-state index in [1.807, 2.05) is 0 Å². The molecule has 0 aliphatic carbocycles. The van der Waals surface area contributed by atoms with E-state index >= 15 is 0 Å². The molecular weight excluding hydrogens is 258 g/mol. The second-order valence-electron chi connectivity index (χ2n) is 3.75. The maximum absolute atomic E-state index is 10.1. The van der Waals surface area contributed by atoms with Gasteiger partial charge in [-0.3, -0.25) is 0 Å². The number of carboxylic acid groups (broad SMARTS) is 1. The van der Waals surface area contributed by atoms with E-state index in [1.54, 1.807) is 0 Å². The second-order valence-corrected chi connectivity index (χ2v) is 4.54. The van der Waals surface area contributed by atoms with E-state index in [0.29, 0.717) is 6.54 Å². The Balaban J connectivity index is 2.89. The molecule has 2 N–H and O–H groups in total. The van der Waals surface area contributed by atoms with Crippen LogP contribution in [0, 0.1) is 0 Å². The van der Waals surface area contributed by atoms with Crippen LogP contribution < -0.4 is 5.32 Å². The molecule has 0 bridgehead atoms. The molecule has 0 rings (SSSR count). The molecule has 4 heteroatoms. The van der Waals surface area contributed by atoms with Crippen LogP contribution >= 0.6 is 15.9 Å². The van der Waals surface area contributed by atoms with Crippen molar-refractivity contribution in [1.82, 2.24) is 5.32 Å². The van der Waals surface area contributed by atoms with Crippen LogP contribution in [0.1, 0.15) is 51.4 Å². The van der Waals surface area contributed by atoms with Crippen LogP contribution in [0.4, 0.5) is 4.79 Å². The molecular formula is C11H22BrNO2. The van der Waals surface area contributed by atoms with E-state index in [0.717, 1.165) is 18.2 Å². The number of amides is 1. The summed E-state index contributed by atoms with van der Waals surface area (Å²) in [5.41, 5.74) is 0. The van der Waals surface area contributed by atoms with Crippen molar-refractivity contribution >= 4 is 22.0 Å². The maximum Gasteiger partial charge on any atom is 0.404 e. The molecule has 15 heavy (non-hydrogen) atoms. The molecule has 1 amide bonds. The summed E-state index contributed by atoms with van der Waals surface area (Å²) in [7, 11) is 0. The molecule has 0 saturated heterocycles. The molecule has 0 aliphatic rings. The zero-order valence-electron chi connectivity index (χ0n) is 9.30. The fraction of sp³-hybridized carbons (Fsp3) is 0.909. The molecule has 90 valence electrons. The molecule has 0 aliphatic heterocycles. The summed E-state index contributed by atoms with van der Waals surface area (Å²) in [5, 5.41) is 11.8. The molecule has 0 spiro atoms. The molecule has 0 saturated carbocycles. The fourth-order valence-corrected chi connectivity index (χ4v) is 1.87. The molecule has 0 heterocycles.